The Morgan fingerprint density at radius 1 is 1.24 bits per heavy atom. The Bertz CT molecular complexity index is 794. The van der Waals surface area contributed by atoms with E-state index in [2.05, 4.69) is 4.98 Å². The van der Waals surface area contributed by atoms with Gasteiger partial charge in [0.1, 0.15) is 5.52 Å². The lowest BCUT2D eigenvalue weighted by atomic mass is 10.0. The molecule has 0 saturated heterocycles. The van der Waals surface area contributed by atoms with Crippen LogP contribution in [-0.2, 0) is 11.3 Å². The molecule has 1 aromatic heterocycles. The number of nitrogens with zero attached hydrogens (tertiary/aromatic N) is 1. The highest BCUT2D eigenvalue weighted by atomic mass is 16.6. The van der Waals surface area contributed by atoms with Crippen LogP contribution >= 0.6 is 0 Å². The molecule has 0 amide bonds. The number of fused-ring (bicyclic) bond motifs is 1. The first-order valence-electron chi connectivity index (χ1n) is 6.53. The van der Waals surface area contributed by atoms with Gasteiger partial charge in [0.2, 0.25) is 0 Å². The summed E-state index contributed by atoms with van der Waals surface area (Å²) in [4.78, 5) is 13.9. The summed E-state index contributed by atoms with van der Waals surface area (Å²) in [7, 11) is 1.57. The number of aromatic nitrogens is 1. The number of hydrogen-bond donors (Lipinski definition) is 1. The van der Waals surface area contributed by atoms with E-state index in [4.69, 9.17) is 4.74 Å². The number of methoxy groups -OCH3 is 1. The van der Waals surface area contributed by atoms with Crippen LogP contribution in [0.4, 0.5) is 5.69 Å². The van der Waals surface area contributed by atoms with E-state index in [1.54, 1.807) is 13.2 Å². The Hall–Kier alpha value is -2.66. The normalized spacial score (nSPS) is 10.9. The third-order valence-corrected chi connectivity index (χ3v) is 3.42. The number of nitrogens with one attached hydrogen (secondary N) is 1. The highest BCUT2D eigenvalue weighted by Gasteiger charge is 2.18. The smallest absolute Gasteiger partial charge is 0.293 e. The van der Waals surface area contributed by atoms with E-state index < -0.39 is 0 Å². The van der Waals surface area contributed by atoms with Crippen LogP contribution < -0.4 is 0 Å². The molecular weight excluding hydrogens is 268 g/mol. The van der Waals surface area contributed by atoms with E-state index in [0.717, 1.165) is 22.1 Å². The minimum atomic E-state index is -0.368. The largest absolute Gasteiger partial charge is 0.380 e. The van der Waals surface area contributed by atoms with Gasteiger partial charge in [-0.2, -0.15) is 0 Å². The Balaban J connectivity index is 2.27. The van der Waals surface area contributed by atoms with Gasteiger partial charge in [-0.05, 0) is 17.2 Å². The predicted octanol–water partition coefficient (Wildman–Crippen LogP) is 3.89. The summed E-state index contributed by atoms with van der Waals surface area (Å²) in [6.45, 7) is 0.343. The number of ether oxygens (including phenoxy) is 1. The summed E-state index contributed by atoms with van der Waals surface area (Å²) in [6, 6.07) is 13.3. The third-order valence-electron chi connectivity index (χ3n) is 3.42. The van der Waals surface area contributed by atoms with Crippen molar-refractivity contribution in [3.05, 3.63) is 64.3 Å². The van der Waals surface area contributed by atoms with Crippen LogP contribution in [-0.4, -0.2) is 17.0 Å². The zero-order chi connectivity index (χ0) is 14.8. The summed E-state index contributed by atoms with van der Waals surface area (Å²) in [5, 5.41) is 12.1. The Morgan fingerprint density at radius 2 is 2.00 bits per heavy atom. The summed E-state index contributed by atoms with van der Waals surface area (Å²) in [6.07, 6.45) is 1.81. The van der Waals surface area contributed by atoms with E-state index in [1.807, 2.05) is 42.6 Å². The predicted molar refractivity (Wildman–Crippen MR) is 81.1 cm³/mol. The van der Waals surface area contributed by atoms with Crippen LogP contribution in [0.3, 0.4) is 0 Å². The molecule has 0 atom stereocenters. The van der Waals surface area contributed by atoms with Crippen LogP contribution in [0.2, 0.25) is 0 Å². The third kappa shape index (κ3) is 2.39. The SMILES string of the molecule is COCc1cc([N+](=O)[O-])c2[nH]cc(-c3ccccc3)c2c1. The molecule has 0 aliphatic heterocycles. The molecule has 21 heavy (non-hydrogen) atoms. The molecule has 5 heteroatoms. The molecule has 1 N–H and O–H groups in total. The van der Waals surface area contributed by atoms with Gasteiger partial charge < -0.3 is 9.72 Å². The van der Waals surface area contributed by atoms with Gasteiger partial charge >= 0.3 is 0 Å². The molecule has 0 unspecified atom stereocenters. The second-order valence-corrected chi connectivity index (χ2v) is 4.80. The van der Waals surface area contributed by atoms with Crippen molar-refractivity contribution >= 4 is 16.6 Å². The standard InChI is InChI=1S/C16H14N2O3/c1-21-10-11-7-13-14(12-5-3-2-4-6-12)9-17-16(13)15(8-11)18(19)20/h2-9,17H,10H2,1H3. The fraction of sp³-hybridized carbons (Fsp3) is 0.125. The number of rotatable bonds is 4. The molecule has 2 aromatic carbocycles. The van der Waals surface area contributed by atoms with E-state index in [1.165, 1.54) is 0 Å². The van der Waals surface area contributed by atoms with Gasteiger partial charge in [-0.15, -0.1) is 0 Å². The first kappa shape index (κ1) is 13.3. The van der Waals surface area contributed by atoms with Crippen molar-refractivity contribution in [1.82, 2.24) is 4.98 Å². The molecule has 106 valence electrons. The lowest BCUT2D eigenvalue weighted by molar-refractivity contribution is -0.383. The maximum atomic E-state index is 11.3. The molecule has 0 spiro atoms. The van der Waals surface area contributed by atoms with Crippen LogP contribution in [0.1, 0.15) is 5.56 Å². The van der Waals surface area contributed by atoms with Crippen molar-refractivity contribution < 1.29 is 9.66 Å². The Kier molecular flexibility index (Phi) is 3.41. The topological polar surface area (TPSA) is 68.2 Å². The number of nitro groups is 1. The first-order valence-corrected chi connectivity index (χ1v) is 6.53. The fourth-order valence-corrected chi connectivity index (χ4v) is 2.52. The average molecular weight is 282 g/mol. The van der Waals surface area contributed by atoms with Crippen molar-refractivity contribution in [2.75, 3.05) is 7.11 Å². The van der Waals surface area contributed by atoms with E-state index >= 15 is 0 Å². The molecule has 0 fully saturated rings. The second kappa shape index (κ2) is 5.38. The van der Waals surface area contributed by atoms with Crippen LogP contribution in [0.5, 0.6) is 0 Å². The molecule has 0 aliphatic carbocycles. The summed E-state index contributed by atoms with van der Waals surface area (Å²) >= 11 is 0. The molecule has 0 saturated carbocycles. The first-order chi connectivity index (χ1) is 10.2. The minimum Gasteiger partial charge on any atom is -0.380 e. The molecule has 5 nitrogen and oxygen atoms in total. The zero-order valence-electron chi connectivity index (χ0n) is 11.5. The Labute approximate surface area is 121 Å². The maximum Gasteiger partial charge on any atom is 0.293 e. The van der Waals surface area contributed by atoms with Crippen LogP contribution in [0.15, 0.2) is 48.7 Å². The van der Waals surface area contributed by atoms with Gasteiger partial charge in [0.25, 0.3) is 5.69 Å². The van der Waals surface area contributed by atoms with Gasteiger partial charge in [0.05, 0.1) is 11.5 Å². The molecular formula is C16H14N2O3. The van der Waals surface area contributed by atoms with E-state index in [9.17, 15) is 10.1 Å². The number of hydrogen-bond acceptors (Lipinski definition) is 3. The van der Waals surface area contributed by atoms with Crippen molar-refractivity contribution in [2.24, 2.45) is 0 Å². The number of nitro benzene ring substituents is 1. The van der Waals surface area contributed by atoms with Crippen molar-refractivity contribution in [1.29, 1.82) is 0 Å². The van der Waals surface area contributed by atoms with Crippen molar-refractivity contribution in [3.63, 3.8) is 0 Å². The summed E-state index contributed by atoms with van der Waals surface area (Å²) in [5.74, 6) is 0. The highest BCUT2D eigenvalue weighted by molar-refractivity contribution is 6.00. The quantitative estimate of drug-likeness (QED) is 0.583. The van der Waals surface area contributed by atoms with Gasteiger partial charge in [-0.1, -0.05) is 30.3 Å². The zero-order valence-corrected chi connectivity index (χ0v) is 11.5. The Morgan fingerprint density at radius 3 is 2.67 bits per heavy atom. The number of non-ortho nitro benzene ring substituents is 1. The lowest BCUT2D eigenvalue weighted by Crippen LogP contribution is -1.94. The molecule has 3 rings (SSSR count). The van der Waals surface area contributed by atoms with Gasteiger partial charge in [0.15, 0.2) is 0 Å². The highest BCUT2D eigenvalue weighted by Crippen LogP contribution is 2.34. The monoisotopic (exact) mass is 282 g/mol. The molecule has 0 radical (unpaired) electrons. The van der Waals surface area contributed by atoms with Crippen LogP contribution in [0, 0.1) is 10.1 Å². The van der Waals surface area contributed by atoms with Crippen molar-refractivity contribution in [3.8, 4) is 11.1 Å². The number of aromatic amines is 1. The fourth-order valence-electron chi connectivity index (χ4n) is 2.52. The molecule has 3 aromatic rings. The van der Waals surface area contributed by atoms with Gasteiger partial charge in [0, 0.05) is 30.3 Å². The molecule has 0 bridgehead atoms. The van der Waals surface area contributed by atoms with Gasteiger partial charge in [-0.3, -0.25) is 10.1 Å². The maximum absolute atomic E-state index is 11.3. The van der Waals surface area contributed by atoms with Crippen LogP contribution in [0.25, 0.3) is 22.0 Å². The molecule has 0 aliphatic rings. The number of benzene rings is 2. The summed E-state index contributed by atoms with van der Waals surface area (Å²) in [5.41, 5.74) is 3.37. The van der Waals surface area contributed by atoms with Gasteiger partial charge in [-0.25, -0.2) is 0 Å². The average Bonchev–Trinajstić information content (AvgIpc) is 2.91. The minimum absolute atomic E-state index is 0.0710. The lowest BCUT2D eigenvalue weighted by Gasteiger charge is -2.04. The number of H-pyrrole nitrogens is 1. The second-order valence-electron chi connectivity index (χ2n) is 4.80. The molecule has 1 heterocycles. The van der Waals surface area contributed by atoms with Crippen molar-refractivity contribution in [2.45, 2.75) is 6.61 Å². The summed E-state index contributed by atoms with van der Waals surface area (Å²) < 4.78 is 5.10. The van der Waals surface area contributed by atoms with E-state index in [0.29, 0.717) is 12.1 Å². The van der Waals surface area contributed by atoms with E-state index in [-0.39, 0.29) is 10.6 Å².